The second-order valence-electron chi connectivity index (χ2n) is 6.26. The normalized spacial score (nSPS) is 22.8. The van der Waals surface area contributed by atoms with Gasteiger partial charge in [0.05, 0.1) is 5.41 Å². The van der Waals surface area contributed by atoms with E-state index in [0.717, 1.165) is 51.9 Å². The molecular formula is C16H29N3O2. The zero-order chi connectivity index (χ0) is 15.3. The van der Waals surface area contributed by atoms with Crippen LogP contribution >= 0.6 is 0 Å². The molecule has 2 amide bonds. The largest absolute Gasteiger partial charge is 0.341 e. The third-order valence-electron chi connectivity index (χ3n) is 5.13. The fraction of sp³-hybridized carbons (Fsp3) is 0.875. The van der Waals surface area contributed by atoms with Gasteiger partial charge in [-0.05, 0) is 38.8 Å². The van der Waals surface area contributed by atoms with Gasteiger partial charge in [-0.1, -0.05) is 13.8 Å². The first kappa shape index (κ1) is 16.3. The van der Waals surface area contributed by atoms with Crippen molar-refractivity contribution in [3.63, 3.8) is 0 Å². The molecule has 0 aliphatic carbocycles. The number of carbonyl (C=O) groups excluding carboxylic acids is 2. The molecule has 0 radical (unpaired) electrons. The molecule has 0 aromatic heterocycles. The summed E-state index contributed by atoms with van der Waals surface area (Å²) in [6.45, 7) is 8.88. The molecule has 5 nitrogen and oxygen atoms in total. The van der Waals surface area contributed by atoms with E-state index in [1.54, 1.807) is 0 Å². The van der Waals surface area contributed by atoms with Crippen molar-refractivity contribution in [3.05, 3.63) is 0 Å². The summed E-state index contributed by atoms with van der Waals surface area (Å²) in [7, 11) is 0. The zero-order valence-electron chi connectivity index (χ0n) is 13.5. The fourth-order valence-electron chi connectivity index (χ4n) is 3.55. The molecule has 1 N–H and O–H groups in total. The molecule has 0 saturated carbocycles. The van der Waals surface area contributed by atoms with Gasteiger partial charge >= 0.3 is 0 Å². The number of carbonyl (C=O) groups is 2. The van der Waals surface area contributed by atoms with E-state index < -0.39 is 0 Å². The lowest BCUT2D eigenvalue weighted by molar-refractivity contribution is -0.144. The Labute approximate surface area is 128 Å². The van der Waals surface area contributed by atoms with E-state index in [-0.39, 0.29) is 11.3 Å². The summed E-state index contributed by atoms with van der Waals surface area (Å²) in [5.74, 6) is 0.522. The van der Waals surface area contributed by atoms with Crippen LogP contribution in [0.2, 0.25) is 0 Å². The third kappa shape index (κ3) is 3.57. The van der Waals surface area contributed by atoms with E-state index in [0.29, 0.717) is 25.4 Å². The Kier molecular flexibility index (Phi) is 5.62. The molecule has 0 spiro atoms. The van der Waals surface area contributed by atoms with Crippen LogP contribution in [0.1, 0.15) is 46.0 Å². The Bertz CT molecular complexity index is 378. The zero-order valence-corrected chi connectivity index (χ0v) is 13.5. The Balaban J connectivity index is 2.00. The second kappa shape index (κ2) is 7.25. The van der Waals surface area contributed by atoms with E-state index in [1.807, 2.05) is 16.7 Å². The first-order chi connectivity index (χ1) is 10.1. The van der Waals surface area contributed by atoms with Crippen LogP contribution in [-0.4, -0.2) is 60.9 Å². The summed E-state index contributed by atoms with van der Waals surface area (Å²) in [6.07, 6.45) is 4.25. The van der Waals surface area contributed by atoms with Gasteiger partial charge in [-0.15, -0.1) is 0 Å². The van der Waals surface area contributed by atoms with E-state index in [9.17, 15) is 9.59 Å². The molecule has 2 heterocycles. The van der Waals surface area contributed by atoms with Crippen LogP contribution in [0.15, 0.2) is 0 Å². The maximum atomic E-state index is 13.0. The summed E-state index contributed by atoms with van der Waals surface area (Å²) in [5, 5.41) is 3.35. The van der Waals surface area contributed by atoms with Crippen molar-refractivity contribution >= 4 is 11.8 Å². The van der Waals surface area contributed by atoms with Gasteiger partial charge in [-0.25, -0.2) is 0 Å². The van der Waals surface area contributed by atoms with E-state index in [1.165, 1.54) is 0 Å². The summed E-state index contributed by atoms with van der Waals surface area (Å²) >= 11 is 0. The molecule has 0 aromatic rings. The molecule has 0 aromatic carbocycles. The quantitative estimate of drug-likeness (QED) is 0.852. The Morgan fingerprint density at radius 1 is 1.00 bits per heavy atom. The van der Waals surface area contributed by atoms with Gasteiger partial charge in [0.2, 0.25) is 11.8 Å². The lowest BCUT2D eigenvalue weighted by Gasteiger charge is -2.39. The van der Waals surface area contributed by atoms with Crippen LogP contribution in [0.5, 0.6) is 0 Å². The van der Waals surface area contributed by atoms with Gasteiger partial charge in [0.1, 0.15) is 0 Å². The Hall–Kier alpha value is -1.10. The number of rotatable bonds is 3. The summed E-state index contributed by atoms with van der Waals surface area (Å²) in [5.41, 5.74) is -0.171. The van der Waals surface area contributed by atoms with E-state index in [2.05, 4.69) is 12.2 Å². The predicted octanol–water partition coefficient (Wildman–Crippen LogP) is 1.24. The topological polar surface area (TPSA) is 52.7 Å². The van der Waals surface area contributed by atoms with Crippen molar-refractivity contribution in [2.24, 2.45) is 5.41 Å². The van der Waals surface area contributed by atoms with Gasteiger partial charge in [0, 0.05) is 32.6 Å². The monoisotopic (exact) mass is 295 g/mol. The summed E-state index contributed by atoms with van der Waals surface area (Å²) in [4.78, 5) is 28.8. The van der Waals surface area contributed by atoms with Crippen LogP contribution in [0, 0.1) is 5.41 Å². The molecule has 2 aliphatic rings. The highest BCUT2D eigenvalue weighted by Crippen LogP contribution is 2.35. The molecule has 2 aliphatic heterocycles. The molecule has 21 heavy (non-hydrogen) atoms. The number of amides is 2. The Morgan fingerprint density at radius 2 is 1.62 bits per heavy atom. The molecule has 5 heteroatoms. The highest BCUT2D eigenvalue weighted by molar-refractivity contribution is 5.83. The molecule has 2 fully saturated rings. The highest BCUT2D eigenvalue weighted by atomic mass is 16.2. The van der Waals surface area contributed by atoms with Gasteiger partial charge in [0.15, 0.2) is 0 Å². The minimum Gasteiger partial charge on any atom is -0.341 e. The van der Waals surface area contributed by atoms with Crippen molar-refractivity contribution < 1.29 is 9.59 Å². The lowest BCUT2D eigenvalue weighted by Crippen LogP contribution is -2.50. The number of nitrogens with zero attached hydrogens (tertiary/aromatic N) is 2. The first-order valence-corrected chi connectivity index (χ1v) is 8.41. The lowest BCUT2D eigenvalue weighted by atomic mass is 9.75. The Morgan fingerprint density at radius 3 is 2.24 bits per heavy atom. The summed E-state index contributed by atoms with van der Waals surface area (Å²) < 4.78 is 0. The molecule has 120 valence electrons. The molecule has 0 bridgehead atoms. The average Bonchev–Trinajstić information content (AvgIpc) is 2.80. The smallest absolute Gasteiger partial charge is 0.228 e. The van der Waals surface area contributed by atoms with Crippen molar-refractivity contribution in [1.82, 2.24) is 15.1 Å². The van der Waals surface area contributed by atoms with Crippen molar-refractivity contribution in [2.45, 2.75) is 46.0 Å². The van der Waals surface area contributed by atoms with Gasteiger partial charge in [-0.2, -0.15) is 0 Å². The van der Waals surface area contributed by atoms with Crippen molar-refractivity contribution in [1.29, 1.82) is 0 Å². The van der Waals surface area contributed by atoms with Crippen molar-refractivity contribution in [3.8, 4) is 0 Å². The van der Waals surface area contributed by atoms with Gasteiger partial charge < -0.3 is 15.1 Å². The number of piperidine rings is 1. The van der Waals surface area contributed by atoms with Gasteiger partial charge in [-0.3, -0.25) is 9.59 Å². The first-order valence-electron chi connectivity index (χ1n) is 8.41. The highest BCUT2D eigenvalue weighted by Gasteiger charge is 2.40. The van der Waals surface area contributed by atoms with Crippen LogP contribution in [0.3, 0.4) is 0 Å². The molecule has 0 atom stereocenters. The molecule has 0 unspecified atom stereocenters. The van der Waals surface area contributed by atoms with Crippen molar-refractivity contribution in [2.75, 3.05) is 39.3 Å². The van der Waals surface area contributed by atoms with Gasteiger partial charge in [0.25, 0.3) is 0 Å². The van der Waals surface area contributed by atoms with E-state index in [4.69, 9.17) is 0 Å². The average molecular weight is 295 g/mol. The van der Waals surface area contributed by atoms with Crippen LogP contribution in [0.25, 0.3) is 0 Å². The van der Waals surface area contributed by atoms with Crippen LogP contribution in [0.4, 0.5) is 0 Å². The SMILES string of the molecule is CCC(=O)N1CCCN(C(=O)C2(CC)CCNCC2)CC1. The number of hydrogen-bond donors (Lipinski definition) is 1. The molecule has 2 rings (SSSR count). The number of nitrogens with one attached hydrogen (secondary N) is 1. The second-order valence-corrected chi connectivity index (χ2v) is 6.26. The minimum absolute atomic E-state index is 0.171. The maximum absolute atomic E-state index is 13.0. The predicted molar refractivity (Wildman–Crippen MR) is 82.9 cm³/mol. The van der Waals surface area contributed by atoms with Crippen LogP contribution in [-0.2, 0) is 9.59 Å². The standard InChI is InChI=1S/C16H29N3O2/c1-3-14(20)18-10-5-11-19(13-12-18)15(21)16(4-2)6-8-17-9-7-16/h17H,3-13H2,1-2H3. The molecular weight excluding hydrogens is 266 g/mol. The minimum atomic E-state index is -0.171. The maximum Gasteiger partial charge on any atom is 0.228 e. The fourth-order valence-corrected chi connectivity index (χ4v) is 3.55. The van der Waals surface area contributed by atoms with E-state index >= 15 is 0 Å². The number of hydrogen-bond acceptors (Lipinski definition) is 3. The molecule has 2 saturated heterocycles. The summed E-state index contributed by atoms with van der Waals surface area (Å²) in [6, 6.07) is 0. The third-order valence-corrected chi connectivity index (χ3v) is 5.13. The van der Waals surface area contributed by atoms with Crippen LogP contribution < -0.4 is 5.32 Å².